The van der Waals surface area contributed by atoms with Gasteiger partial charge in [0.1, 0.15) is 0 Å². The number of hydrogen-bond donors (Lipinski definition) is 1. The minimum absolute atomic E-state index is 0.144. The lowest BCUT2D eigenvalue weighted by molar-refractivity contribution is 0.0955. The molecule has 0 saturated carbocycles. The van der Waals surface area contributed by atoms with Gasteiger partial charge in [-0.15, -0.1) is 0 Å². The Morgan fingerprint density at radius 1 is 1.13 bits per heavy atom. The summed E-state index contributed by atoms with van der Waals surface area (Å²) in [4.78, 5) is 12.1. The van der Waals surface area contributed by atoms with Crippen molar-refractivity contribution >= 4 is 45.2 Å². The number of benzene rings is 2. The second-order valence-electron chi connectivity index (χ2n) is 4.66. The fourth-order valence-corrected chi connectivity index (χ4v) is 2.77. The third-order valence-electron chi connectivity index (χ3n) is 2.88. The average Bonchev–Trinajstić information content (AvgIpc) is 2.48. The Bertz CT molecular complexity index is 863. The summed E-state index contributed by atoms with van der Waals surface area (Å²) in [5, 5.41) is 4.72. The van der Waals surface area contributed by atoms with Crippen molar-refractivity contribution in [3.05, 3.63) is 63.6 Å². The van der Waals surface area contributed by atoms with Crippen LogP contribution in [0.5, 0.6) is 0 Å². The minimum Gasteiger partial charge on any atom is -0.267 e. The first-order valence-corrected chi connectivity index (χ1v) is 9.01. The molecule has 2 rings (SSSR count). The van der Waals surface area contributed by atoms with Crippen molar-refractivity contribution in [3.8, 4) is 0 Å². The molecule has 23 heavy (non-hydrogen) atoms. The van der Waals surface area contributed by atoms with Crippen molar-refractivity contribution < 1.29 is 13.2 Å². The van der Waals surface area contributed by atoms with Crippen molar-refractivity contribution in [1.29, 1.82) is 0 Å². The number of amides is 1. The summed E-state index contributed by atoms with van der Waals surface area (Å²) < 4.78 is 22.7. The van der Waals surface area contributed by atoms with E-state index < -0.39 is 15.7 Å². The van der Waals surface area contributed by atoms with Gasteiger partial charge in [0.15, 0.2) is 9.84 Å². The zero-order valence-corrected chi connectivity index (χ0v) is 14.3. The molecule has 0 saturated heterocycles. The van der Waals surface area contributed by atoms with E-state index in [9.17, 15) is 13.2 Å². The molecule has 0 fully saturated rings. The number of nitrogens with one attached hydrogen (secondary N) is 1. The van der Waals surface area contributed by atoms with Gasteiger partial charge in [0.05, 0.1) is 16.1 Å². The third-order valence-corrected chi connectivity index (χ3v) is 4.57. The van der Waals surface area contributed by atoms with E-state index in [0.29, 0.717) is 15.6 Å². The summed E-state index contributed by atoms with van der Waals surface area (Å²) in [5.41, 5.74) is 3.23. The molecule has 0 aliphatic rings. The van der Waals surface area contributed by atoms with Crippen LogP contribution < -0.4 is 5.43 Å². The van der Waals surface area contributed by atoms with Gasteiger partial charge in [0.25, 0.3) is 5.91 Å². The Hall–Kier alpha value is -1.89. The number of carbonyl (C=O) groups is 1. The number of sulfone groups is 1. The van der Waals surface area contributed by atoms with Gasteiger partial charge < -0.3 is 0 Å². The standard InChI is InChI=1S/C15H12Cl2N2O3S/c1-23(21,22)13-6-3-10(4-7-13)15(20)19-18-9-11-2-5-12(16)8-14(11)17/h2-9H,1H3,(H,19,20)/b18-9+. The van der Waals surface area contributed by atoms with E-state index in [-0.39, 0.29) is 10.5 Å². The smallest absolute Gasteiger partial charge is 0.267 e. The van der Waals surface area contributed by atoms with Crippen LogP contribution >= 0.6 is 23.2 Å². The second-order valence-corrected chi connectivity index (χ2v) is 7.52. The maximum absolute atomic E-state index is 11.9. The summed E-state index contributed by atoms with van der Waals surface area (Å²) in [6.45, 7) is 0. The zero-order valence-electron chi connectivity index (χ0n) is 12.0. The average molecular weight is 371 g/mol. The molecule has 0 unspecified atom stereocenters. The molecule has 120 valence electrons. The highest BCUT2D eigenvalue weighted by molar-refractivity contribution is 7.90. The highest BCUT2D eigenvalue weighted by atomic mass is 35.5. The molecule has 1 N–H and O–H groups in total. The zero-order chi connectivity index (χ0) is 17.0. The Morgan fingerprint density at radius 3 is 2.35 bits per heavy atom. The van der Waals surface area contributed by atoms with E-state index in [4.69, 9.17) is 23.2 Å². The van der Waals surface area contributed by atoms with E-state index in [1.165, 1.54) is 30.5 Å². The van der Waals surface area contributed by atoms with Crippen LogP contribution in [0.4, 0.5) is 0 Å². The Balaban J connectivity index is 2.06. The van der Waals surface area contributed by atoms with Gasteiger partial charge in [0, 0.05) is 22.4 Å². The van der Waals surface area contributed by atoms with Crippen molar-refractivity contribution in [3.63, 3.8) is 0 Å². The van der Waals surface area contributed by atoms with E-state index in [1.807, 2.05) is 0 Å². The number of rotatable bonds is 4. The van der Waals surface area contributed by atoms with Crippen LogP contribution in [-0.2, 0) is 9.84 Å². The number of hydrogen-bond acceptors (Lipinski definition) is 4. The van der Waals surface area contributed by atoms with Gasteiger partial charge >= 0.3 is 0 Å². The number of hydrazone groups is 1. The molecule has 0 aliphatic heterocycles. The molecule has 0 aliphatic carbocycles. The monoisotopic (exact) mass is 370 g/mol. The fourth-order valence-electron chi connectivity index (χ4n) is 1.68. The largest absolute Gasteiger partial charge is 0.271 e. The predicted octanol–water partition coefficient (Wildman–Crippen LogP) is 3.16. The number of halogens is 2. The SMILES string of the molecule is CS(=O)(=O)c1ccc(C(=O)N/N=C/c2ccc(Cl)cc2Cl)cc1. The van der Waals surface area contributed by atoms with E-state index >= 15 is 0 Å². The fraction of sp³-hybridized carbons (Fsp3) is 0.0667. The van der Waals surface area contributed by atoms with Crippen LogP contribution in [0.3, 0.4) is 0 Å². The molecule has 0 radical (unpaired) electrons. The second kappa shape index (κ2) is 7.12. The first-order chi connectivity index (χ1) is 10.8. The highest BCUT2D eigenvalue weighted by Gasteiger charge is 2.09. The summed E-state index contributed by atoms with van der Waals surface area (Å²) in [6, 6.07) is 10.4. The maximum atomic E-state index is 11.9. The first kappa shape index (κ1) is 17.5. The van der Waals surface area contributed by atoms with E-state index in [2.05, 4.69) is 10.5 Å². The molecule has 0 atom stereocenters. The van der Waals surface area contributed by atoms with Crippen LogP contribution in [0.2, 0.25) is 10.0 Å². The van der Waals surface area contributed by atoms with Crippen LogP contribution in [0.15, 0.2) is 52.5 Å². The van der Waals surface area contributed by atoms with Crippen molar-refractivity contribution in [2.45, 2.75) is 4.90 Å². The molecule has 5 nitrogen and oxygen atoms in total. The Kier molecular flexibility index (Phi) is 5.41. The lowest BCUT2D eigenvalue weighted by atomic mass is 10.2. The quantitative estimate of drug-likeness (QED) is 0.663. The molecule has 0 bridgehead atoms. The first-order valence-electron chi connectivity index (χ1n) is 6.36. The Labute approximate surface area is 143 Å². The summed E-state index contributed by atoms with van der Waals surface area (Å²) in [7, 11) is -3.29. The summed E-state index contributed by atoms with van der Waals surface area (Å²) in [5.74, 6) is -0.466. The van der Waals surface area contributed by atoms with Gasteiger partial charge in [-0.05, 0) is 36.4 Å². The van der Waals surface area contributed by atoms with Crippen molar-refractivity contribution in [1.82, 2.24) is 5.43 Å². The molecule has 0 spiro atoms. The topological polar surface area (TPSA) is 75.6 Å². The predicted molar refractivity (Wildman–Crippen MR) is 91.1 cm³/mol. The van der Waals surface area contributed by atoms with E-state index in [0.717, 1.165) is 6.26 Å². The van der Waals surface area contributed by atoms with Gasteiger partial charge in [0.2, 0.25) is 0 Å². The lowest BCUT2D eigenvalue weighted by Gasteiger charge is -2.02. The van der Waals surface area contributed by atoms with Gasteiger partial charge in [-0.25, -0.2) is 13.8 Å². The molecule has 1 amide bonds. The molecule has 8 heteroatoms. The molecule has 0 heterocycles. The minimum atomic E-state index is -3.29. The highest BCUT2D eigenvalue weighted by Crippen LogP contribution is 2.19. The molecular weight excluding hydrogens is 359 g/mol. The van der Waals surface area contributed by atoms with Crippen molar-refractivity contribution in [2.24, 2.45) is 5.10 Å². The normalized spacial score (nSPS) is 11.6. The van der Waals surface area contributed by atoms with Crippen LogP contribution in [-0.4, -0.2) is 26.8 Å². The molecule has 2 aromatic rings. The Morgan fingerprint density at radius 2 is 1.78 bits per heavy atom. The van der Waals surface area contributed by atoms with Crippen LogP contribution in [0.25, 0.3) is 0 Å². The van der Waals surface area contributed by atoms with E-state index in [1.54, 1.807) is 18.2 Å². The van der Waals surface area contributed by atoms with Crippen LogP contribution in [0, 0.1) is 0 Å². The molecule has 0 aromatic heterocycles. The molecule has 2 aromatic carbocycles. The third kappa shape index (κ3) is 4.79. The number of carbonyl (C=O) groups excluding carboxylic acids is 1. The number of nitrogens with zero attached hydrogens (tertiary/aromatic N) is 1. The lowest BCUT2D eigenvalue weighted by Crippen LogP contribution is -2.17. The maximum Gasteiger partial charge on any atom is 0.271 e. The van der Waals surface area contributed by atoms with Gasteiger partial charge in [-0.2, -0.15) is 5.10 Å². The van der Waals surface area contributed by atoms with Crippen LogP contribution in [0.1, 0.15) is 15.9 Å². The van der Waals surface area contributed by atoms with Gasteiger partial charge in [-0.3, -0.25) is 4.79 Å². The summed E-state index contributed by atoms with van der Waals surface area (Å²) >= 11 is 11.8. The molecular formula is C15H12Cl2N2O3S. The van der Waals surface area contributed by atoms with Crippen molar-refractivity contribution in [2.75, 3.05) is 6.26 Å². The summed E-state index contributed by atoms with van der Waals surface area (Å²) in [6.07, 6.45) is 2.49. The van der Waals surface area contributed by atoms with Gasteiger partial charge in [-0.1, -0.05) is 29.3 Å².